The van der Waals surface area contributed by atoms with E-state index in [9.17, 15) is 9.18 Å². The molecule has 0 aromatic heterocycles. The van der Waals surface area contributed by atoms with Crippen molar-refractivity contribution < 1.29 is 18.7 Å². The first-order valence-electron chi connectivity index (χ1n) is 7.59. The van der Waals surface area contributed by atoms with Crippen LogP contribution in [0.5, 0.6) is 11.5 Å². The number of hydrogen-bond donors (Lipinski definition) is 1. The second-order valence-electron chi connectivity index (χ2n) is 5.14. The molecule has 0 unspecified atom stereocenters. The van der Waals surface area contributed by atoms with Crippen molar-refractivity contribution in [2.45, 2.75) is 13.5 Å². The Kier molecular flexibility index (Phi) is 6.01. The minimum absolute atomic E-state index is 0.269. The van der Waals surface area contributed by atoms with Crippen molar-refractivity contribution in [3.63, 3.8) is 0 Å². The summed E-state index contributed by atoms with van der Waals surface area (Å²) in [7, 11) is 3.08. The van der Waals surface area contributed by atoms with Crippen molar-refractivity contribution >= 4 is 11.7 Å². The van der Waals surface area contributed by atoms with Crippen LogP contribution in [0.3, 0.4) is 0 Å². The lowest BCUT2D eigenvalue weighted by molar-refractivity contribution is 0.212. The van der Waals surface area contributed by atoms with Crippen LogP contribution in [-0.2, 0) is 6.54 Å². The molecule has 0 aliphatic heterocycles. The van der Waals surface area contributed by atoms with E-state index in [4.69, 9.17) is 9.47 Å². The van der Waals surface area contributed by atoms with E-state index >= 15 is 0 Å². The van der Waals surface area contributed by atoms with Crippen molar-refractivity contribution in [1.29, 1.82) is 0 Å². The molecule has 6 heteroatoms. The van der Waals surface area contributed by atoms with Crippen LogP contribution in [0, 0.1) is 5.82 Å². The number of nitrogens with zero attached hydrogens (tertiary/aromatic N) is 1. The SMILES string of the molecule is CCN(Cc1cccc(F)c1)C(=O)Nc1ccc(OC)c(OC)c1. The van der Waals surface area contributed by atoms with Gasteiger partial charge < -0.3 is 19.7 Å². The summed E-state index contributed by atoms with van der Waals surface area (Å²) in [5, 5.41) is 2.81. The minimum Gasteiger partial charge on any atom is -0.493 e. The number of carbonyl (C=O) groups excluding carboxylic acids is 1. The number of halogens is 1. The number of carbonyl (C=O) groups is 1. The lowest BCUT2D eigenvalue weighted by atomic mass is 10.2. The molecule has 0 aliphatic rings. The zero-order valence-corrected chi connectivity index (χ0v) is 14.0. The molecule has 0 spiro atoms. The quantitative estimate of drug-likeness (QED) is 0.873. The van der Waals surface area contributed by atoms with Gasteiger partial charge in [-0.25, -0.2) is 9.18 Å². The largest absolute Gasteiger partial charge is 0.493 e. The summed E-state index contributed by atoms with van der Waals surface area (Å²) in [6.07, 6.45) is 0. The molecule has 0 saturated carbocycles. The molecule has 0 radical (unpaired) electrons. The van der Waals surface area contributed by atoms with Crippen molar-refractivity contribution in [3.05, 3.63) is 53.8 Å². The number of methoxy groups -OCH3 is 2. The first-order valence-corrected chi connectivity index (χ1v) is 7.59. The lowest BCUT2D eigenvalue weighted by Gasteiger charge is -2.22. The number of anilines is 1. The van der Waals surface area contributed by atoms with Gasteiger partial charge in [0.25, 0.3) is 0 Å². The van der Waals surface area contributed by atoms with Gasteiger partial charge in [-0.05, 0) is 36.8 Å². The van der Waals surface area contributed by atoms with Crippen molar-refractivity contribution in [2.24, 2.45) is 0 Å². The van der Waals surface area contributed by atoms with Gasteiger partial charge in [-0.2, -0.15) is 0 Å². The second-order valence-corrected chi connectivity index (χ2v) is 5.14. The summed E-state index contributed by atoms with van der Waals surface area (Å²) in [5.74, 6) is 0.801. The third-order valence-corrected chi connectivity index (χ3v) is 3.57. The van der Waals surface area contributed by atoms with E-state index in [1.807, 2.05) is 6.92 Å². The molecule has 2 aromatic rings. The average molecular weight is 332 g/mol. The molecule has 24 heavy (non-hydrogen) atoms. The van der Waals surface area contributed by atoms with Crippen molar-refractivity contribution in [2.75, 3.05) is 26.1 Å². The van der Waals surface area contributed by atoms with E-state index in [1.54, 1.807) is 42.3 Å². The fourth-order valence-corrected chi connectivity index (χ4v) is 2.30. The van der Waals surface area contributed by atoms with E-state index in [-0.39, 0.29) is 11.8 Å². The predicted octanol–water partition coefficient (Wildman–Crippen LogP) is 3.90. The van der Waals surface area contributed by atoms with Crippen LogP contribution in [-0.4, -0.2) is 31.7 Å². The Morgan fingerprint density at radius 1 is 1.12 bits per heavy atom. The van der Waals surface area contributed by atoms with Crippen LogP contribution in [0.15, 0.2) is 42.5 Å². The van der Waals surface area contributed by atoms with E-state index in [0.717, 1.165) is 5.56 Å². The van der Waals surface area contributed by atoms with Gasteiger partial charge in [0.15, 0.2) is 11.5 Å². The van der Waals surface area contributed by atoms with Gasteiger partial charge >= 0.3 is 6.03 Å². The van der Waals surface area contributed by atoms with Crippen molar-refractivity contribution in [3.8, 4) is 11.5 Å². The number of hydrogen-bond acceptors (Lipinski definition) is 3. The number of ether oxygens (including phenoxy) is 2. The Morgan fingerprint density at radius 2 is 1.88 bits per heavy atom. The molecule has 0 heterocycles. The van der Waals surface area contributed by atoms with Gasteiger partial charge in [0.2, 0.25) is 0 Å². The third kappa shape index (κ3) is 4.38. The molecule has 0 bridgehead atoms. The highest BCUT2D eigenvalue weighted by Crippen LogP contribution is 2.29. The molecule has 1 N–H and O–H groups in total. The summed E-state index contributed by atoms with van der Waals surface area (Å²) in [6.45, 7) is 2.69. The van der Waals surface area contributed by atoms with Crippen LogP contribution >= 0.6 is 0 Å². The minimum atomic E-state index is -0.316. The predicted molar refractivity (Wildman–Crippen MR) is 91.0 cm³/mol. The molecule has 2 amide bonds. The molecular formula is C18H21FN2O3. The Bertz CT molecular complexity index is 706. The Hall–Kier alpha value is -2.76. The summed E-state index contributed by atoms with van der Waals surface area (Å²) in [6, 6.07) is 11.1. The Labute approximate surface area is 141 Å². The van der Waals surface area contributed by atoms with Crippen LogP contribution in [0.25, 0.3) is 0 Å². The number of nitrogens with one attached hydrogen (secondary N) is 1. The number of amides is 2. The zero-order valence-electron chi connectivity index (χ0n) is 14.0. The molecule has 2 rings (SSSR count). The fourth-order valence-electron chi connectivity index (χ4n) is 2.30. The molecule has 128 valence electrons. The fraction of sp³-hybridized carbons (Fsp3) is 0.278. The second kappa shape index (κ2) is 8.19. The normalized spacial score (nSPS) is 10.2. The maximum Gasteiger partial charge on any atom is 0.322 e. The van der Waals surface area contributed by atoms with Gasteiger partial charge in [-0.3, -0.25) is 0 Å². The van der Waals surface area contributed by atoms with Gasteiger partial charge in [-0.15, -0.1) is 0 Å². The molecule has 2 aromatic carbocycles. The molecule has 5 nitrogen and oxygen atoms in total. The van der Waals surface area contributed by atoms with E-state index in [0.29, 0.717) is 30.3 Å². The monoisotopic (exact) mass is 332 g/mol. The molecule has 0 saturated heterocycles. The molecular weight excluding hydrogens is 311 g/mol. The summed E-state index contributed by atoms with van der Waals surface area (Å²) >= 11 is 0. The lowest BCUT2D eigenvalue weighted by Crippen LogP contribution is -2.34. The van der Waals surface area contributed by atoms with Gasteiger partial charge in [0.1, 0.15) is 5.82 Å². The van der Waals surface area contributed by atoms with Crippen molar-refractivity contribution in [1.82, 2.24) is 4.90 Å². The summed E-state index contributed by atoms with van der Waals surface area (Å²) in [5.41, 5.74) is 1.33. The van der Waals surface area contributed by atoms with Crippen LogP contribution in [0.1, 0.15) is 12.5 Å². The third-order valence-electron chi connectivity index (χ3n) is 3.57. The number of urea groups is 1. The maximum absolute atomic E-state index is 13.3. The summed E-state index contributed by atoms with van der Waals surface area (Å²) in [4.78, 5) is 14.0. The smallest absolute Gasteiger partial charge is 0.322 e. The van der Waals surface area contributed by atoms with Crippen LogP contribution < -0.4 is 14.8 Å². The van der Waals surface area contributed by atoms with E-state index in [2.05, 4.69) is 5.32 Å². The summed E-state index contributed by atoms with van der Waals surface area (Å²) < 4.78 is 23.7. The topological polar surface area (TPSA) is 50.8 Å². The maximum atomic E-state index is 13.3. The first-order chi connectivity index (χ1) is 11.6. The first kappa shape index (κ1) is 17.6. The average Bonchev–Trinajstić information content (AvgIpc) is 2.59. The molecule has 0 atom stereocenters. The van der Waals surface area contributed by atoms with E-state index < -0.39 is 0 Å². The number of rotatable bonds is 6. The Balaban J connectivity index is 2.09. The molecule has 0 aliphatic carbocycles. The zero-order chi connectivity index (χ0) is 17.5. The molecule has 0 fully saturated rings. The standard InChI is InChI=1S/C18H21FN2O3/c1-4-21(12-13-6-5-7-14(19)10-13)18(22)20-15-8-9-16(23-2)17(11-15)24-3/h5-11H,4,12H2,1-3H3,(H,20,22). The van der Waals surface area contributed by atoms with Crippen LogP contribution in [0.2, 0.25) is 0 Å². The Morgan fingerprint density at radius 3 is 2.50 bits per heavy atom. The van der Waals surface area contributed by atoms with Crippen LogP contribution in [0.4, 0.5) is 14.9 Å². The highest BCUT2D eigenvalue weighted by molar-refractivity contribution is 5.89. The van der Waals surface area contributed by atoms with Gasteiger partial charge in [0, 0.05) is 24.8 Å². The van der Waals surface area contributed by atoms with Gasteiger partial charge in [-0.1, -0.05) is 12.1 Å². The van der Waals surface area contributed by atoms with Gasteiger partial charge in [0.05, 0.1) is 14.2 Å². The van der Waals surface area contributed by atoms with E-state index in [1.165, 1.54) is 19.2 Å². The highest BCUT2D eigenvalue weighted by atomic mass is 19.1. The number of benzene rings is 2. The highest BCUT2D eigenvalue weighted by Gasteiger charge is 2.14.